The van der Waals surface area contributed by atoms with E-state index in [0.717, 1.165) is 11.3 Å². The molecule has 2 aliphatic rings. The lowest BCUT2D eigenvalue weighted by Crippen LogP contribution is -2.50. The number of benzene rings is 2. The molecule has 1 saturated heterocycles. The molecule has 0 N–H and O–H groups in total. The van der Waals surface area contributed by atoms with Gasteiger partial charge >= 0.3 is 0 Å². The second kappa shape index (κ2) is 6.48. The van der Waals surface area contributed by atoms with Gasteiger partial charge < -0.3 is 9.80 Å². The fraction of sp³-hybridized carbons (Fsp3) is 0.263. The van der Waals surface area contributed by atoms with Crippen molar-refractivity contribution in [1.29, 1.82) is 0 Å². The van der Waals surface area contributed by atoms with E-state index < -0.39 is 4.87 Å². The van der Waals surface area contributed by atoms with Crippen molar-refractivity contribution in [3.8, 4) is 0 Å². The summed E-state index contributed by atoms with van der Waals surface area (Å²) in [5, 5.41) is 1.05. The van der Waals surface area contributed by atoms with E-state index in [-0.39, 0.29) is 11.8 Å². The van der Waals surface area contributed by atoms with Gasteiger partial charge in [0.05, 0.1) is 5.69 Å². The summed E-state index contributed by atoms with van der Waals surface area (Å²) in [4.78, 5) is 29.0. The van der Waals surface area contributed by atoms with E-state index in [2.05, 4.69) is 0 Å². The summed E-state index contributed by atoms with van der Waals surface area (Å²) in [6.07, 6.45) is 0. The zero-order chi connectivity index (χ0) is 18.5. The van der Waals surface area contributed by atoms with Crippen molar-refractivity contribution in [2.75, 3.05) is 23.7 Å². The van der Waals surface area contributed by atoms with Crippen molar-refractivity contribution in [2.45, 2.75) is 11.8 Å². The third kappa shape index (κ3) is 2.45. The van der Waals surface area contributed by atoms with Crippen LogP contribution in [0.3, 0.4) is 0 Å². The Balaban J connectivity index is 1.86. The van der Waals surface area contributed by atoms with Crippen LogP contribution < -0.4 is 4.90 Å². The number of amides is 2. The summed E-state index contributed by atoms with van der Waals surface area (Å²) in [5.74, 6) is 0.395. The fourth-order valence-electron chi connectivity index (χ4n) is 3.68. The summed E-state index contributed by atoms with van der Waals surface area (Å²) >= 11 is 13.8. The van der Waals surface area contributed by atoms with Gasteiger partial charge in [-0.2, -0.15) is 0 Å². The molecule has 2 aliphatic heterocycles. The summed E-state index contributed by atoms with van der Waals surface area (Å²) in [6.45, 7) is 2.96. The van der Waals surface area contributed by atoms with Gasteiger partial charge in [-0.3, -0.25) is 9.59 Å². The molecule has 2 amide bonds. The van der Waals surface area contributed by atoms with Crippen LogP contribution in [0.15, 0.2) is 42.5 Å². The highest BCUT2D eigenvalue weighted by Crippen LogP contribution is 2.54. The third-order valence-corrected chi connectivity index (χ3v) is 6.68. The van der Waals surface area contributed by atoms with E-state index in [0.29, 0.717) is 34.5 Å². The van der Waals surface area contributed by atoms with Gasteiger partial charge in [-0.15, -0.1) is 11.8 Å². The van der Waals surface area contributed by atoms with Crippen molar-refractivity contribution in [3.05, 3.63) is 63.6 Å². The molecule has 4 nitrogen and oxygen atoms in total. The molecular formula is C19H16Cl2N2O2S. The number of hydrogen-bond acceptors (Lipinski definition) is 3. The second-order valence-electron chi connectivity index (χ2n) is 6.17. The minimum atomic E-state index is -1.06. The predicted octanol–water partition coefficient (Wildman–Crippen LogP) is 4.40. The molecule has 7 heteroatoms. The van der Waals surface area contributed by atoms with Crippen LogP contribution in [0, 0.1) is 0 Å². The molecule has 0 aliphatic carbocycles. The lowest BCUT2D eigenvalue weighted by atomic mass is 10.0. The van der Waals surface area contributed by atoms with Gasteiger partial charge in [0.1, 0.15) is 0 Å². The first-order valence-electron chi connectivity index (χ1n) is 8.32. The van der Waals surface area contributed by atoms with Crippen LogP contribution in [0.2, 0.25) is 10.0 Å². The summed E-state index contributed by atoms with van der Waals surface area (Å²) in [6, 6.07) is 12.3. The number of carbonyl (C=O) groups excluding carboxylic acids is 2. The van der Waals surface area contributed by atoms with Crippen molar-refractivity contribution in [3.63, 3.8) is 0 Å². The van der Waals surface area contributed by atoms with E-state index in [1.165, 1.54) is 11.8 Å². The largest absolute Gasteiger partial charge is 0.311 e. The lowest BCUT2D eigenvalue weighted by molar-refractivity contribution is -0.123. The first kappa shape index (κ1) is 17.7. The Labute approximate surface area is 166 Å². The molecule has 4 rings (SSSR count). The molecular weight excluding hydrogens is 391 g/mol. The van der Waals surface area contributed by atoms with E-state index >= 15 is 0 Å². The third-order valence-electron chi connectivity index (χ3n) is 4.79. The number of thioether (sulfide) groups is 1. The maximum atomic E-state index is 13.4. The van der Waals surface area contributed by atoms with Gasteiger partial charge in [0.15, 0.2) is 4.87 Å². The maximum Gasteiger partial charge on any atom is 0.268 e. The van der Waals surface area contributed by atoms with Gasteiger partial charge in [-0.05, 0) is 43.3 Å². The smallest absolute Gasteiger partial charge is 0.268 e. The normalized spacial score (nSPS) is 21.6. The number of rotatable bonds is 2. The SMILES string of the molecule is CCN1C(=O)[C@]2(SCCN2C(=O)c2cccc(Cl)c2)c2cc(Cl)ccc21. The van der Waals surface area contributed by atoms with Gasteiger partial charge in [0.25, 0.3) is 11.8 Å². The Morgan fingerprint density at radius 2 is 1.96 bits per heavy atom. The van der Waals surface area contributed by atoms with Gasteiger partial charge in [0, 0.05) is 40.0 Å². The summed E-state index contributed by atoms with van der Waals surface area (Å²) < 4.78 is 0. The molecule has 134 valence electrons. The number of hydrogen-bond donors (Lipinski definition) is 0. The number of halogens is 2. The molecule has 0 bridgehead atoms. The maximum absolute atomic E-state index is 13.4. The molecule has 2 aromatic rings. The molecule has 26 heavy (non-hydrogen) atoms. The van der Waals surface area contributed by atoms with Crippen LogP contribution in [0.1, 0.15) is 22.8 Å². The van der Waals surface area contributed by atoms with E-state index in [9.17, 15) is 9.59 Å². The van der Waals surface area contributed by atoms with Crippen molar-refractivity contribution in [2.24, 2.45) is 0 Å². The minimum Gasteiger partial charge on any atom is -0.311 e. The number of nitrogens with zero attached hydrogens (tertiary/aromatic N) is 2. The average Bonchev–Trinajstić information content (AvgIpc) is 3.17. The quantitative estimate of drug-likeness (QED) is 0.741. The van der Waals surface area contributed by atoms with Gasteiger partial charge in [-0.25, -0.2) is 0 Å². The monoisotopic (exact) mass is 406 g/mol. The van der Waals surface area contributed by atoms with Crippen LogP contribution in [0.4, 0.5) is 5.69 Å². The van der Waals surface area contributed by atoms with Crippen LogP contribution in [0.5, 0.6) is 0 Å². The highest BCUT2D eigenvalue weighted by Gasteiger charge is 2.59. The number of fused-ring (bicyclic) bond motifs is 2. The van der Waals surface area contributed by atoms with Crippen LogP contribution >= 0.6 is 35.0 Å². The molecule has 2 heterocycles. The Morgan fingerprint density at radius 3 is 2.69 bits per heavy atom. The van der Waals surface area contributed by atoms with E-state index in [1.54, 1.807) is 46.2 Å². The first-order valence-corrected chi connectivity index (χ1v) is 10.1. The van der Waals surface area contributed by atoms with Crippen LogP contribution in [-0.4, -0.2) is 35.6 Å². The summed E-state index contributed by atoms with van der Waals surface area (Å²) in [7, 11) is 0. The van der Waals surface area contributed by atoms with Gasteiger partial charge in [0.2, 0.25) is 0 Å². The molecule has 1 atom stereocenters. The zero-order valence-corrected chi connectivity index (χ0v) is 16.4. The second-order valence-corrected chi connectivity index (χ2v) is 8.33. The van der Waals surface area contributed by atoms with Crippen LogP contribution in [0.25, 0.3) is 0 Å². The van der Waals surface area contributed by atoms with Crippen molar-refractivity contribution < 1.29 is 9.59 Å². The average molecular weight is 407 g/mol. The number of anilines is 1. The zero-order valence-electron chi connectivity index (χ0n) is 14.0. The van der Waals surface area contributed by atoms with Crippen molar-refractivity contribution >= 4 is 52.5 Å². The van der Waals surface area contributed by atoms with Gasteiger partial charge in [-0.1, -0.05) is 29.3 Å². The highest BCUT2D eigenvalue weighted by atomic mass is 35.5. The fourth-order valence-corrected chi connectivity index (χ4v) is 5.49. The number of carbonyl (C=O) groups is 2. The Morgan fingerprint density at radius 1 is 1.19 bits per heavy atom. The first-order chi connectivity index (χ1) is 12.5. The molecule has 1 fully saturated rings. The Hall–Kier alpha value is -1.69. The predicted molar refractivity (Wildman–Crippen MR) is 106 cm³/mol. The molecule has 2 aromatic carbocycles. The van der Waals surface area contributed by atoms with Crippen molar-refractivity contribution in [1.82, 2.24) is 4.90 Å². The molecule has 0 unspecified atom stereocenters. The molecule has 0 saturated carbocycles. The Kier molecular flexibility index (Phi) is 4.41. The lowest BCUT2D eigenvalue weighted by Gasteiger charge is -2.33. The molecule has 0 aromatic heterocycles. The minimum absolute atomic E-state index is 0.0878. The van der Waals surface area contributed by atoms with Crippen LogP contribution in [-0.2, 0) is 9.67 Å². The summed E-state index contributed by atoms with van der Waals surface area (Å²) in [5.41, 5.74) is 2.08. The molecule has 1 spiro atoms. The topological polar surface area (TPSA) is 40.6 Å². The highest BCUT2D eigenvalue weighted by molar-refractivity contribution is 8.01. The van der Waals surface area contributed by atoms with E-state index in [1.807, 2.05) is 13.0 Å². The van der Waals surface area contributed by atoms with E-state index in [4.69, 9.17) is 23.2 Å². The Bertz CT molecular complexity index is 920. The standard InChI is InChI=1S/C19H16Cl2N2O2S/c1-2-22-16-7-6-14(21)11-15(16)19(18(22)25)23(8-9-26-19)17(24)12-4-3-5-13(20)10-12/h3-7,10-11H,2,8-9H2,1H3/t19-/m1/s1. The number of likely N-dealkylation sites (N-methyl/N-ethyl adjacent to an activating group) is 1. The molecule has 0 radical (unpaired) electrons.